The fraction of sp³-hybridized carbons (Fsp3) is 0.500. The highest BCUT2D eigenvalue weighted by atomic mass is 16.5. The van der Waals surface area contributed by atoms with Crippen LogP contribution in [0.1, 0.15) is 56.6 Å². The molecular weight excluding hydrogens is 460 g/mol. The first kappa shape index (κ1) is 27.2. The number of phenols is 2. The Morgan fingerprint density at radius 1 is 1.08 bits per heavy atom. The van der Waals surface area contributed by atoms with E-state index in [1.807, 2.05) is 23.1 Å². The molecule has 3 rings (SSSR count). The second-order valence-electron chi connectivity index (χ2n) is 9.15. The van der Waals surface area contributed by atoms with E-state index in [2.05, 4.69) is 12.2 Å². The van der Waals surface area contributed by atoms with Crippen molar-refractivity contribution in [3.05, 3.63) is 47.5 Å². The molecule has 3 N–H and O–H groups in total. The van der Waals surface area contributed by atoms with Crippen LogP contribution in [-0.2, 0) is 22.4 Å². The van der Waals surface area contributed by atoms with Gasteiger partial charge in [0, 0.05) is 31.1 Å². The minimum Gasteiger partial charge on any atom is -0.504 e. The van der Waals surface area contributed by atoms with Crippen molar-refractivity contribution in [3.63, 3.8) is 0 Å². The van der Waals surface area contributed by atoms with Crippen molar-refractivity contribution in [1.29, 1.82) is 0 Å². The molecule has 196 valence electrons. The first-order valence-electron chi connectivity index (χ1n) is 12.8. The molecule has 0 spiro atoms. The molecular formula is C28H38N2O6. The fourth-order valence-electron chi connectivity index (χ4n) is 4.70. The number of nitrogens with one attached hydrogen (secondary N) is 1. The molecule has 1 atom stereocenters. The smallest absolute Gasteiger partial charge is 0.257 e. The Morgan fingerprint density at radius 3 is 2.61 bits per heavy atom. The predicted molar refractivity (Wildman–Crippen MR) is 138 cm³/mol. The third-order valence-corrected chi connectivity index (χ3v) is 6.58. The molecule has 0 aliphatic heterocycles. The third kappa shape index (κ3) is 7.29. The number of hydrogen-bond acceptors (Lipinski definition) is 6. The Bertz CT molecular complexity index is 1030. The summed E-state index contributed by atoms with van der Waals surface area (Å²) in [6, 6.07) is 10.7. The molecule has 0 saturated carbocycles. The zero-order valence-electron chi connectivity index (χ0n) is 21.3. The van der Waals surface area contributed by atoms with E-state index in [0.717, 1.165) is 43.2 Å². The number of unbranched alkanes of at least 4 members (excludes halogenated alkanes) is 2. The van der Waals surface area contributed by atoms with Crippen molar-refractivity contribution in [1.82, 2.24) is 10.2 Å². The highest BCUT2D eigenvalue weighted by molar-refractivity contribution is 5.77. The molecule has 0 radical (unpaired) electrons. The van der Waals surface area contributed by atoms with Crippen LogP contribution in [0.25, 0.3) is 0 Å². The van der Waals surface area contributed by atoms with Gasteiger partial charge in [0.05, 0.1) is 7.11 Å². The number of ether oxygens (including phenoxy) is 2. The fourth-order valence-corrected chi connectivity index (χ4v) is 4.70. The van der Waals surface area contributed by atoms with Crippen molar-refractivity contribution in [2.45, 2.75) is 64.3 Å². The van der Waals surface area contributed by atoms with Crippen molar-refractivity contribution < 1.29 is 29.3 Å². The summed E-state index contributed by atoms with van der Waals surface area (Å²) in [6.07, 6.45) is 5.89. The first-order chi connectivity index (χ1) is 17.4. The van der Waals surface area contributed by atoms with Crippen LogP contribution in [0.5, 0.6) is 23.0 Å². The van der Waals surface area contributed by atoms with Gasteiger partial charge in [-0.15, -0.1) is 0 Å². The standard InChI is InChI=1S/C28H38N2O6/c1-3-17-30(21-13-14-22-20(18-21)12-15-23(31)28(22)34)27(33)11-5-4-8-16-29-26(32)19-36-25-10-7-6-9-24(25)35-2/h6-7,9-10,12,15,21,31,34H,3-5,8,11,13-14,16-19H2,1-2H3,(H,29,32). The van der Waals surface area contributed by atoms with Crippen molar-refractivity contribution in [2.75, 3.05) is 26.8 Å². The molecule has 0 aromatic heterocycles. The van der Waals surface area contributed by atoms with Crippen LogP contribution >= 0.6 is 0 Å². The van der Waals surface area contributed by atoms with E-state index in [0.29, 0.717) is 43.9 Å². The van der Waals surface area contributed by atoms with Gasteiger partial charge in [0.15, 0.2) is 29.6 Å². The lowest BCUT2D eigenvalue weighted by Crippen LogP contribution is -2.43. The van der Waals surface area contributed by atoms with Gasteiger partial charge in [-0.3, -0.25) is 9.59 Å². The number of benzene rings is 2. The number of methoxy groups -OCH3 is 1. The highest BCUT2D eigenvalue weighted by Crippen LogP contribution is 2.37. The molecule has 36 heavy (non-hydrogen) atoms. The lowest BCUT2D eigenvalue weighted by atomic mass is 9.86. The number of hydrogen-bond donors (Lipinski definition) is 3. The molecule has 1 unspecified atom stereocenters. The molecule has 8 nitrogen and oxygen atoms in total. The van der Waals surface area contributed by atoms with Crippen LogP contribution in [0.3, 0.4) is 0 Å². The second kappa shape index (κ2) is 13.6. The Morgan fingerprint density at radius 2 is 1.86 bits per heavy atom. The average molecular weight is 499 g/mol. The quantitative estimate of drug-likeness (QED) is 0.285. The number of amides is 2. The van der Waals surface area contributed by atoms with Gasteiger partial charge in [0.1, 0.15) is 0 Å². The van der Waals surface area contributed by atoms with E-state index in [9.17, 15) is 19.8 Å². The molecule has 0 saturated heterocycles. The van der Waals surface area contributed by atoms with Gasteiger partial charge >= 0.3 is 0 Å². The number of aromatic hydroxyl groups is 2. The zero-order valence-corrected chi connectivity index (χ0v) is 21.3. The Kier molecular flexibility index (Phi) is 10.3. The number of phenolic OH excluding ortho intramolecular Hbond substituents is 2. The Balaban J connectivity index is 1.36. The molecule has 1 aliphatic carbocycles. The minimum absolute atomic E-state index is 0.0298. The molecule has 0 heterocycles. The second-order valence-corrected chi connectivity index (χ2v) is 9.15. The number of rotatable bonds is 13. The van der Waals surface area contributed by atoms with Gasteiger partial charge in [-0.05, 0) is 62.3 Å². The van der Waals surface area contributed by atoms with Gasteiger partial charge in [-0.1, -0.05) is 31.5 Å². The van der Waals surface area contributed by atoms with Crippen molar-refractivity contribution >= 4 is 11.8 Å². The van der Waals surface area contributed by atoms with Crippen LogP contribution in [0.15, 0.2) is 36.4 Å². The summed E-state index contributed by atoms with van der Waals surface area (Å²) >= 11 is 0. The van der Waals surface area contributed by atoms with E-state index in [-0.39, 0.29) is 36.0 Å². The molecule has 2 amide bonds. The first-order valence-corrected chi connectivity index (χ1v) is 12.8. The third-order valence-electron chi connectivity index (χ3n) is 6.58. The maximum absolute atomic E-state index is 13.0. The summed E-state index contributed by atoms with van der Waals surface area (Å²) in [5, 5.41) is 22.7. The minimum atomic E-state index is -0.192. The van der Waals surface area contributed by atoms with Crippen LogP contribution in [0.2, 0.25) is 0 Å². The normalized spacial score (nSPS) is 14.6. The van der Waals surface area contributed by atoms with E-state index in [4.69, 9.17) is 9.47 Å². The summed E-state index contributed by atoms with van der Waals surface area (Å²) in [4.78, 5) is 27.1. The summed E-state index contributed by atoms with van der Waals surface area (Å²) in [5.41, 5.74) is 1.80. The number of nitrogens with zero attached hydrogens (tertiary/aromatic N) is 1. The van der Waals surface area contributed by atoms with E-state index in [1.165, 1.54) is 6.07 Å². The highest BCUT2D eigenvalue weighted by Gasteiger charge is 2.28. The topological polar surface area (TPSA) is 108 Å². The number of para-hydroxylation sites is 2. The Hall–Kier alpha value is -3.42. The summed E-state index contributed by atoms with van der Waals surface area (Å²) in [5.74, 6) is 0.959. The number of fused-ring (bicyclic) bond motifs is 1. The summed E-state index contributed by atoms with van der Waals surface area (Å²) in [7, 11) is 1.56. The summed E-state index contributed by atoms with van der Waals surface area (Å²) in [6.45, 7) is 3.25. The number of carbonyl (C=O) groups excluding carboxylic acids is 2. The van der Waals surface area contributed by atoms with Gasteiger partial charge in [-0.25, -0.2) is 0 Å². The van der Waals surface area contributed by atoms with E-state index < -0.39 is 0 Å². The molecule has 1 aliphatic rings. The van der Waals surface area contributed by atoms with Crippen molar-refractivity contribution in [3.8, 4) is 23.0 Å². The SMILES string of the molecule is CCCN(C(=O)CCCCCNC(=O)COc1ccccc1OC)C1CCc2c(ccc(O)c2O)C1. The van der Waals surface area contributed by atoms with E-state index >= 15 is 0 Å². The van der Waals surface area contributed by atoms with Crippen LogP contribution in [-0.4, -0.2) is 59.8 Å². The maximum atomic E-state index is 13.0. The predicted octanol–water partition coefficient (Wildman–Crippen LogP) is 3.96. The molecule has 8 heteroatoms. The van der Waals surface area contributed by atoms with Gasteiger partial charge in [0.2, 0.25) is 5.91 Å². The Labute approximate surface area is 213 Å². The van der Waals surface area contributed by atoms with Gasteiger partial charge in [-0.2, -0.15) is 0 Å². The van der Waals surface area contributed by atoms with Gasteiger partial charge < -0.3 is 29.9 Å². The molecule has 0 bridgehead atoms. The van der Waals surface area contributed by atoms with Crippen molar-refractivity contribution in [2.24, 2.45) is 0 Å². The number of carbonyl (C=O) groups is 2. The maximum Gasteiger partial charge on any atom is 0.257 e. The average Bonchev–Trinajstić information content (AvgIpc) is 2.90. The van der Waals surface area contributed by atoms with Gasteiger partial charge in [0.25, 0.3) is 5.91 Å². The lowest BCUT2D eigenvalue weighted by molar-refractivity contribution is -0.134. The lowest BCUT2D eigenvalue weighted by Gasteiger charge is -2.35. The molecule has 0 fully saturated rings. The zero-order chi connectivity index (χ0) is 25.9. The van der Waals surface area contributed by atoms with Crippen LogP contribution in [0.4, 0.5) is 0 Å². The molecule has 2 aromatic carbocycles. The summed E-state index contributed by atoms with van der Waals surface area (Å²) < 4.78 is 10.7. The van der Waals surface area contributed by atoms with Crippen LogP contribution in [0, 0.1) is 0 Å². The van der Waals surface area contributed by atoms with Crippen LogP contribution < -0.4 is 14.8 Å². The monoisotopic (exact) mass is 498 g/mol. The molecule has 2 aromatic rings. The van der Waals surface area contributed by atoms with E-state index in [1.54, 1.807) is 19.2 Å². The largest absolute Gasteiger partial charge is 0.504 e.